The lowest BCUT2D eigenvalue weighted by molar-refractivity contribution is -0.128. The second-order valence-electron chi connectivity index (χ2n) is 11.5. The van der Waals surface area contributed by atoms with Crippen molar-refractivity contribution in [1.29, 1.82) is 0 Å². The monoisotopic (exact) mass is 613 g/mol. The molecule has 0 bridgehead atoms. The van der Waals surface area contributed by atoms with Crippen LogP contribution in [-0.4, -0.2) is 54.3 Å². The minimum absolute atomic E-state index is 0.0499. The van der Waals surface area contributed by atoms with Gasteiger partial charge in [0.1, 0.15) is 30.0 Å². The fraction of sp³-hybridized carbons (Fsp3) is 0.452. The Hall–Kier alpha value is -4.81. The summed E-state index contributed by atoms with van der Waals surface area (Å²) in [6, 6.07) is 10.9. The Balaban J connectivity index is 2.02. The number of rotatable bonds is 13. The number of urea groups is 1. The summed E-state index contributed by atoms with van der Waals surface area (Å²) in [5.41, 5.74) is 6.47. The number of primary amides is 1. The number of alkyl carbamates (subject to hydrolysis) is 1. The van der Waals surface area contributed by atoms with Crippen molar-refractivity contribution in [3.63, 3.8) is 0 Å². The summed E-state index contributed by atoms with van der Waals surface area (Å²) >= 11 is 0. The molecule has 0 aliphatic rings. The number of ether oxygens (including phenoxy) is 3. The Morgan fingerprint density at radius 3 is 2.09 bits per heavy atom. The number of carbonyl (C=O) groups is 5. The topological polar surface area (TPSA) is 187 Å². The van der Waals surface area contributed by atoms with Crippen LogP contribution in [0.5, 0.6) is 5.75 Å². The quantitative estimate of drug-likeness (QED) is 0.127. The van der Waals surface area contributed by atoms with Gasteiger partial charge in [-0.25, -0.2) is 14.4 Å². The number of aryl methyl sites for hydroxylation is 1. The minimum Gasteiger partial charge on any atom is -0.444 e. The second-order valence-corrected chi connectivity index (χ2v) is 11.5. The zero-order chi connectivity index (χ0) is 32.9. The van der Waals surface area contributed by atoms with Gasteiger partial charge in [-0.15, -0.1) is 0 Å². The minimum atomic E-state index is -1.00. The Kier molecular flexibility index (Phi) is 13.5. The van der Waals surface area contributed by atoms with E-state index in [1.807, 2.05) is 19.1 Å². The molecular formula is C31H43N5O8. The number of carbonyl (C=O) groups excluding carboxylic acids is 5. The van der Waals surface area contributed by atoms with Crippen LogP contribution >= 0.6 is 0 Å². The summed E-state index contributed by atoms with van der Waals surface area (Å²) in [5, 5.41) is 10.5. The Labute approximate surface area is 257 Å². The maximum Gasteiger partial charge on any atom is 0.514 e. The molecule has 6 N–H and O–H groups in total. The van der Waals surface area contributed by atoms with Crippen molar-refractivity contribution in [2.75, 3.05) is 11.9 Å². The van der Waals surface area contributed by atoms with Gasteiger partial charge in [0.05, 0.1) is 0 Å². The smallest absolute Gasteiger partial charge is 0.444 e. The number of nitrogens with one attached hydrogen (secondary N) is 4. The van der Waals surface area contributed by atoms with Crippen molar-refractivity contribution in [2.45, 2.75) is 78.7 Å². The van der Waals surface area contributed by atoms with E-state index in [1.54, 1.807) is 71.0 Å². The van der Waals surface area contributed by atoms with E-state index < -0.39 is 47.8 Å². The van der Waals surface area contributed by atoms with Crippen molar-refractivity contribution in [1.82, 2.24) is 16.0 Å². The van der Waals surface area contributed by atoms with E-state index in [0.29, 0.717) is 23.4 Å². The number of benzene rings is 2. The van der Waals surface area contributed by atoms with Crippen LogP contribution in [0, 0.1) is 12.8 Å². The molecule has 2 aromatic carbocycles. The molecule has 2 rings (SSSR count). The van der Waals surface area contributed by atoms with Crippen molar-refractivity contribution in [3.05, 3.63) is 59.7 Å². The number of hydrogen-bond acceptors (Lipinski definition) is 8. The molecule has 0 aliphatic heterocycles. The highest BCUT2D eigenvalue weighted by atomic mass is 16.7. The van der Waals surface area contributed by atoms with Crippen LogP contribution in [-0.2, 0) is 25.7 Å². The molecule has 0 radical (unpaired) electrons. The van der Waals surface area contributed by atoms with Crippen molar-refractivity contribution >= 4 is 35.8 Å². The van der Waals surface area contributed by atoms with Crippen LogP contribution in [0.2, 0.25) is 0 Å². The van der Waals surface area contributed by atoms with Gasteiger partial charge in [-0.05, 0) is 76.3 Å². The van der Waals surface area contributed by atoms with Crippen LogP contribution in [0.25, 0.3) is 0 Å². The fourth-order valence-corrected chi connectivity index (χ4v) is 3.81. The molecular weight excluding hydrogens is 570 g/mol. The summed E-state index contributed by atoms with van der Waals surface area (Å²) in [6.07, 6.45) is -1.10. The Morgan fingerprint density at radius 2 is 1.52 bits per heavy atom. The third-order valence-electron chi connectivity index (χ3n) is 6.02. The number of nitrogens with two attached hydrogens (primary N) is 1. The van der Waals surface area contributed by atoms with Gasteiger partial charge in [-0.3, -0.25) is 9.59 Å². The van der Waals surface area contributed by atoms with E-state index in [0.717, 1.165) is 5.56 Å². The molecule has 5 amide bonds. The standard InChI is InChI=1S/C31H43N5O8/c1-19(2)25(36-29(40)44-31(4,5)6)27(38)35-24(8-7-17-33-28(32)39)26(37)34-22-13-11-21(12-14-22)18-42-30(41)43-23-15-9-20(3)10-16-23/h9-16,19,24-25H,7-8,17-18H2,1-6H3,(H,34,37)(H,35,38)(H,36,40)(H3,32,33,39)/t24-,25-/m0/s1. The number of anilines is 1. The zero-order valence-corrected chi connectivity index (χ0v) is 26.0. The molecule has 13 heteroatoms. The van der Waals surface area contributed by atoms with Crippen molar-refractivity contribution in [3.8, 4) is 5.75 Å². The highest BCUT2D eigenvalue weighted by molar-refractivity contribution is 5.98. The fourth-order valence-electron chi connectivity index (χ4n) is 3.81. The Morgan fingerprint density at radius 1 is 0.886 bits per heavy atom. The lowest BCUT2D eigenvalue weighted by Gasteiger charge is -2.27. The van der Waals surface area contributed by atoms with Crippen LogP contribution in [0.15, 0.2) is 48.5 Å². The normalized spacial score (nSPS) is 12.3. The van der Waals surface area contributed by atoms with Gasteiger partial charge in [-0.2, -0.15) is 0 Å². The second kappa shape index (κ2) is 16.7. The van der Waals surface area contributed by atoms with Crippen molar-refractivity contribution < 1.29 is 38.2 Å². The van der Waals surface area contributed by atoms with Gasteiger partial charge < -0.3 is 41.2 Å². The molecule has 2 aromatic rings. The van der Waals surface area contributed by atoms with E-state index in [1.165, 1.54) is 0 Å². The molecule has 0 heterocycles. The maximum absolute atomic E-state index is 13.2. The Bertz CT molecular complexity index is 1270. The first kappa shape index (κ1) is 35.4. The third kappa shape index (κ3) is 13.4. The lowest BCUT2D eigenvalue weighted by atomic mass is 10.0. The molecule has 0 spiro atoms. The molecule has 13 nitrogen and oxygen atoms in total. The van der Waals surface area contributed by atoms with Crippen molar-refractivity contribution in [2.24, 2.45) is 11.7 Å². The summed E-state index contributed by atoms with van der Waals surface area (Å²) in [5.74, 6) is -1.03. The van der Waals surface area contributed by atoms with Gasteiger partial charge in [0, 0.05) is 12.2 Å². The third-order valence-corrected chi connectivity index (χ3v) is 6.02. The molecule has 240 valence electrons. The molecule has 2 atom stereocenters. The van der Waals surface area contributed by atoms with E-state index in [4.69, 9.17) is 19.9 Å². The zero-order valence-electron chi connectivity index (χ0n) is 26.0. The first-order chi connectivity index (χ1) is 20.6. The largest absolute Gasteiger partial charge is 0.514 e. The summed E-state index contributed by atoms with van der Waals surface area (Å²) < 4.78 is 15.6. The predicted octanol–water partition coefficient (Wildman–Crippen LogP) is 4.13. The van der Waals surface area contributed by atoms with Crippen LogP contribution in [0.3, 0.4) is 0 Å². The molecule has 0 unspecified atom stereocenters. The molecule has 0 saturated carbocycles. The first-order valence-corrected chi connectivity index (χ1v) is 14.3. The number of amides is 5. The average molecular weight is 614 g/mol. The molecule has 0 fully saturated rings. The highest BCUT2D eigenvalue weighted by Crippen LogP contribution is 2.15. The summed E-state index contributed by atoms with van der Waals surface area (Å²) in [6.45, 7) is 10.7. The van der Waals surface area contributed by atoms with Gasteiger partial charge in [0.25, 0.3) is 0 Å². The van der Waals surface area contributed by atoms with E-state index in [9.17, 15) is 24.0 Å². The van der Waals surface area contributed by atoms with E-state index in [2.05, 4.69) is 21.3 Å². The van der Waals surface area contributed by atoms with Gasteiger partial charge in [-0.1, -0.05) is 43.7 Å². The molecule has 0 saturated heterocycles. The first-order valence-electron chi connectivity index (χ1n) is 14.3. The van der Waals surface area contributed by atoms with E-state index >= 15 is 0 Å². The van der Waals surface area contributed by atoms with E-state index in [-0.39, 0.29) is 25.5 Å². The average Bonchev–Trinajstić information content (AvgIpc) is 2.92. The van der Waals surface area contributed by atoms with Crippen LogP contribution in [0.4, 0.5) is 20.1 Å². The predicted molar refractivity (Wildman–Crippen MR) is 164 cm³/mol. The SMILES string of the molecule is Cc1ccc(OC(=O)OCc2ccc(NC(=O)[C@H](CCCNC(N)=O)NC(=O)[C@@H](NC(=O)OC(C)(C)C)C(C)C)cc2)cc1. The van der Waals surface area contributed by atoms with Gasteiger partial charge in [0.2, 0.25) is 11.8 Å². The van der Waals surface area contributed by atoms with Crippen LogP contribution < -0.4 is 31.7 Å². The summed E-state index contributed by atoms with van der Waals surface area (Å²) in [7, 11) is 0. The number of hydrogen-bond donors (Lipinski definition) is 5. The maximum atomic E-state index is 13.2. The lowest BCUT2D eigenvalue weighted by Crippen LogP contribution is -2.55. The molecule has 0 aliphatic carbocycles. The summed E-state index contributed by atoms with van der Waals surface area (Å²) in [4.78, 5) is 61.8. The molecule has 0 aromatic heterocycles. The van der Waals surface area contributed by atoms with Crippen LogP contribution in [0.1, 0.15) is 58.6 Å². The van der Waals surface area contributed by atoms with Gasteiger partial charge in [0.15, 0.2) is 0 Å². The van der Waals surface area contributed by atoms with Gasteiger partial charge >= 0.3 is 18.3 Å². The molecule has 44 heavy (non-hydrogen) atoms. The highest BCUT2D eigenvalue weighted by Gasteiger charge is 2.30.